The van der Waals surface area contributed by atoms with Gasteiger partial charge in [-0.2, -0.15) is 0 Å². The second-order valence-electron chi connectivity index (χ2n) is 7.67. The third-order valence-corrected chi connectivity index (χ3v) is 5.47. The molecule has 0 aliphatic rings. The van der Waals surface area contributed by atoms with E-state index in [0.717, 1.165) is 13.5 Å². The Labute approximate surface area is 205 Å². The summed E-state index contributed by atoms with van der Waals surface area (Å²) in [6.45, 7) is 2.10. The maximum atomic E-state index is 13.6. The Balaban J connectivity index is 2.28. The van der Waals surface area contributed by atoms with Crippen LogP contribution >= 0.6 is 11.6 Å². The summed E-state index contributed by atoms with van der Waals surface area (Å²) in [4.78, 5) is 39.0. The molecule has 0 saturated carbocycles. The number of fused-ring (bicyclic) bond motifs is 1. The van der Waals surface area contributed by atoms with Gasteiger partial charge in [0.05, 0.1) is 37.6 Å². The lowest BCUT2D eigenvalue weighted by molar-refractivity contribution is -0.0405. The molecule has 9 nitrogen and oxygen atoms in total. The van der Waals surface area contributed by atoms with Crippen molar-refractivity contribution in [2.24, 2.45) is 0 Å². The van der Waals surface area contributed by atoms with E-state index in [9.17, 15) is 18.8 Å². The molecule has 0 amide bonds. The van der Waals surface area contributed by atoms with Crippen LogP contribution in [0.2, 0.25) is 5.02 Å². The van der Waals surface area contributed by atoms with E-state index in [1.165, 1.54) is 46.7 Å². The van der Waals surface area contributed by atoms with Gasteiger partial charge in [-0.15, -0.1) is 0 Å². The van der Waals surface area contributed by atoms with E-state index in [1.807, 2.05) is 6.92 Å². The zero-order valence-corrected chi connectivity index (χ0v) is 20.4. The van der Waals surface area contributed by atoms with Crippen LogP contribution in [0.3, 0.4) is 0 Å². The Kier molecular flexibility index (Phi) is 9.02. The molecule has 0 radical (unpaired) electrons. The minimum absolute atomic E-state index is 0.0212. The standard InChI is InChI=1S/C24H26ClFN2O7/c1-4-5-8-35-22-20-23(30)27(10-15-6-7-19(26)18(25)9-15)11-16(13-34-14-32-2)28(20)12-17(21(22)29)24(31)33-3/h6-7,9,11-12H,4-5,8,10,13-14H2,1-3H3. The SMILES string of the molecule is CCCCOc1c(=O)c(C(=O)OC)cn2c(COCOC)cn(Cc3ccc(F)c(Cl)c3)c(=O)c12. The number of ether oxygens (including phenoxy) is 4. The number of carbonyl (C=O) groups is 1. The fourth-order valence-electron chi connectivity index (χ4n) is 3.45. The summed E-state index contributed by atoms with van der Waals surface area (Å²) < 4.78 is 37.3. The highest BCUT2D eigenvalue weighted by molar-refractivity contribution is 6.30. The Morgan fingerprint density at radius 1 is 1.17 bits per heavy atom. The van der Waals surface area contributed by atoms with Gasteiger partial charge in [-0.1, -0.05) is 31.0 Å². The molecule has 0 aliphatic heterocycles. The normalized spacial score (nSPS) is 11.1. The number of benzene rings is 1. The molecule has 0 aliphatic carbocycles. The van der Waals surface area contributed by atoms with E-state index in [4.69, 9.17) is 30.5 Å². The molecule has 0 fully saturated rings. The quantitative estimate of drug-likeness (QED) is 0.222. The predicted octanol–water partition coefficient (Wildman–Crippen LogP) is 3.39. The number of rotatable bonds is 11. The van der Waals surface area contributed by atoms with Crippen molar-refractivity contribution in [1.82, 2.24) is 8.97 Å². The van der Waals surface area contributed by atoms with Crippen molar-refractivity contribution in [3.8, 4) is 5.75 Å². The van der Waals surface area contributed by atoms with E-state index < -0.39 is 22.8 Å². The number of hydrogen-bond acceptors (Lipinski definition) is 7. The summed E-state index contributed by atoms with van der Waals surface area (Å²) in [5, 5.41) is -0.0810. The third-order valence-electron chi connectivity index (χ3n) is 5.18. The molecular formula is C24H26ClFN2O7. The van der Waals surface area contributed by atoms with Gasteiger partial charge in [-0.05, 0) is 24.1 Å². The lowest BCUT2D eigenvalue weighted by Gasteiger charge is -2.17. The van der Waals surface area contributed by atoms with Gasteiger partial charge in [0.15, 0.2) is 11.3 Å². The molecule has 0 saturated heterocycles. The molecule has 3 aromatic rings. The lowest BCUT2D eigenvalue weighted by Crippen LogP contribution is -2.30. The van der Waals surface area contributed by atoms with Crippen LogP contribution in [0.5, 0.6) is 5.75 Å². The summed E-state index contributed by atoms with van der Waals surface area (Å²) in [6.07, 6.45) is 4.18. The van der Waals surface area contributed by atoms with Gasteiger partial charge in [-0.3, -0.25) is 9.59 Å². The molecule has 3 rings (SSSR count). The number of halogens is 2. The van der Waals surface area contributed by atoms with Gasteiger partial charge >= 0.3 is 5.97 Å². The fourth-order valence-corrected chi connectivity index (χ4v) is 3.65. The van der Waals surface area contributed by atoms with E-state index >= 15 is 0 Å². The number of aromatic nitrogens is 2. The van der Waals surface area contributed by atoms with Crippen LogP contribution in [0.4, 0.5) is 4.39 Å². The molecule has 188 valence electrons. The topological polar surface area (TPSA) is 97.5 Å². The molecule has 0 spiro atoms. The van der Waals surface area contributed by atoms with E-state index in [0.29, 0.717) is 17.7 Å². The molecule has 0 N–H and O–H groups in total. The summed E-state index contributed by atoms with van der Waals surface area (Å²) in [5.41, 5.74) is -0.668. The zero-order chi connectivity index (χ0) is 25.5. The molecular weight excluding hydrogens is 483 g/mol. The van der Waals surface area contributed by atoms with E-state index in [1.54, 1.807) is 0 Å². The van der Waals surface area contributed by atoms with Crippen molar-refractivity contribution < 1.29 is 28.1 Å². The lowest BCUT2D eigenvalue weighted by atomic mass is 10.2. The second kappa shape index (κ2) is 12.0. The number of carbonyl (C=O) groups excluding carboxylic acids is 1. The third kappa shape index (κ3) is 5.90. The minimum atomic E-state index is -0.862. The second-order valence-corrected chi connectivity index (χ2v) is 8.08. The number of unbranched alkanes of at least 4 members (excludes halogenated alkanes) is 1. The van der Waals surface area contributed by atoms with Crippen LogP contribution < -0.4 is 15.7 Å². The monoisotopic (exact) mass is 508 g/mol. The number of methoxy groups -OCH3 is 2. The minimum Gasteiger partial charge on any atom is -0.487 e. The summed E-state index contributed by atoms with van der Waals surface area (Å²) in [7, 11) is 2.62. The molecule has 35 heavy (non-hydrogen) atoms. The highest BCUT2D eigenvalue weighted by Crippen LogP contribution is 2.20. The first kappa shape index (κ1) is 26.4. The highest BCUT2D eigenvalue weighted by Gasteiger charge is 2.23. The van der Waals surface area contributed by atoms with Crippen molar-refractivity contribution >= 4 is 23.1 Å². The average Bonchev–Trinajstić information content (AvgIpc) is 2.84. The van der Waals surface area contributed by atoms with Crippen molar-refractivity contribution in [3.05, 3.63) is 78.8 Å². The van der Waals surface area contributed by atoms with Gasteiger partial charge < -0.3 is 27.9 Å². The van der Waals surface area contributed by atoms with Crippen molar-refractivity contribution in [1.29, 1.82) is 0 Å². The highest BCUT2D eigenvalue weighted by atomic mass is 35.5. The number of nitrogens with zero attached hydrogens (tertiary/aromatic N) is 2. The average molecular weight is 509 g/mol. The van der Waals surface area contributed by atoms with Gasteiger partial charge in [-0.25, -0.2) is 9.18 Å². The first-order valence-corrected chi connectivity index (χ1v) is 11.2. The molecule has 0 unspecified atom stereocenters. The molecule has 11 heteroatoms. The maximum Gasteiger partial charge on any atom is 0.343 e. The van der Waals surface area contributed by atoms with Crippen molar-refractivity contribution in [2.75, 3.05) is 27.6 Å². The maximum absolute atomic E-state index is 13.6. The van der Waals surface area contributed by atoms with Gasteiger partial charge in [0.2, 0.25) is 5.43 Å². The fraction of sp³-hybridized carbons (Fsp3) is 0.375. The number of pyridine rings is 1. The molecule has 0 bridgehead atoms. The Bertz CT molecular complexity index is 1340. The Morgan fingerprint density at radius 2 is 1.94 bits per heavy atom. The van der Waals surface area contributed by atoms with E-state index in [-0.39, 0.29) is 48.4 Å². The van der Waals surface area contributed by atoms with Crippen LogP contribution in [-0.4, -0.2) is 42.6 Å². The number of esters is 1. The smallest absolute Gasteiger partial charge is 0.343 e. The molecule has 0 atom stereocenters. The number of hydrogen-bond donors (Lipinski definition) is 0. The van der Waals surface area contributed by atoms with Crippen molar-refractivity contribution in [2.45, 2.75) is 32.9 Å². The summed E-state index contributed by atoms with van der Waals surface area (Å²) in [6, 6.07) is 4.13. The molecule has 2 heterocycles. The Morgan fingerprint density at radius 3 is 2.60 bits per heavy atom. The van der Waals surface area contributed by atoms with Crippen LogP contribution in [-0.2, 0) is 27.4 Å². The first-order chi connectivity index (χ1) is 16.8. The first-order valence-electron chi connectivity index (χ1n) is 10.9. The van der Waals surface area contributed by atoms with Crippen LogP contribution in [0.15, 0.2) is 40.2 Å². The van der Waals surface area contributed by atoms with E-state index in [2.05, 4.69) is 0 Å². The van der Waals surface area contributed by atoms with Gasteiger partial charge in [0, 0.05) is 19.5 Å². The largest absolute Gasteiger partial charge is 0.487 e. The zero-order valence-electron chi connectivity index (χ0n) is 19.6. The summed E-state index contributed by atoms with van der Waals surface area (Å²) >= 11 is 5.90. The molecule has 2 aromatic heterocycles. The van der Waals surface area contributed by atoms with Crippen LogP contribution in [0, 0.1) is 5.82 Å². The van der Waals surface area contributed by atoms with Gasteiger partial charge in [0.1, 0.15) is 18.2 Å². The van der Waals surface area contributed by atoms with Crippen molar-refractivity contribution in [3.63, 3.8) is 0 Å². The summed E-state index contributed by atoms with van der Waals surface area (Å²) in [5.74, 6) is -1.70. The van der Waals surface area contributed by atoms with Crippen LogP contribution in [0.25, 0.3) is 5.52 Å². The molecule has 1 aromatic carbocycles. The Hall–Kier alpha value is -3.21. The predicted molar refractivity (Wildman–Crippen MR) is 127 cm³/mol. The van der Waals surface area contributed by atoms with Crippen LogP contribution in [0.1, 0.15) is 41.4 Å². The van der Waals surface area contributed by atoms with Gasteiger partial charge in [0.25, 0.3) is 5.56 Å².